The van der Waals surface area contributed by atoms with Crippen molar-refractivity contribution in [2.45, 2.75) is 32.8 Å². The van der Waals surface area contributed by atoms with E-state index in [9.17, 15) is 4.79 Å². The van der Waals surface area contributed by atoms with Crippen molar-refractivity contribution in [2.75, 3.05) is 33.8 Å². The fraction of sp³-hybridized carbons (Fsp3) is 0.579. The SMILES string of the molecule is CN=C(NCC(C)Oc1cccc(C)c1)N1CCC(C(=O)OC)CC1.I. The summed E-state index contributed by atoms with van der Waals surface area (Å²) in [5.74, 6) is 1.62. The molecule has 1 aliphatic rings. The zero-order valence-electron chi connectivity index (χ0n) is 16.0. The van der Waals surface area contributed by atoms with Crippen LogP contribution in [0.2, 0.25) is 0 Å². The molecule has 0 radical (unpaired) electrons. The molecule has 1 N–H and O–H groups in total. The number of carbonyl (C=O) groups excluding carboxylic acids is 1. The van der Waals surface area contributed by atoms with Crippen molar-refractivity contribution in [1.29, 1.82) is 0 Å². The summed E-state index contributed by atoms with van der Waals surface area (Å²) in [4.78, 5) is 18.2. The minimum Gasteiger partial charge on any atom is -0.489 e. The Labute approximate surface area is 173 Å². The lowest BCUT2D eigenvalue weighted by molar-refractivity contribution is -0.146. The number of aliphatic imine (C=N–C) groups is 1. The number of ether oxygens (including phenoxy) is 2. The van der Waals surface area contributed by atoms with E-state index in [-0.39, 0.29) is 42.0 Å². The van der Waals surface area contributed by atoms with Gasteiger partial charge in [-0.2, -0.15) is 0 Å². The van der Waals surface area contributed by atoms with Gasteiger partial charge < -0.3 is 19.7 Å². The maximum absolute atomic E-state index is 11.6. The Bertz CT molecular complexity index is 601. The van der Waals surface area contributed by atoms with Gasteiger partial charge in [0.2, 0.25) is 0 Å². The molecule has 26 heavy (non-hydrogen) atoms. The zero-order chi connectivity index (χ0) is 18.2. The van der Waals surface area contributed by atoms with Crippen LogP contribution >= 0.6 is 24.0 Å². The molecular formula is C19H30IN3O3. The highest BCUT2D eigenvalue weighted by atomic mass is 127. The third-order valence-electron chi connectivity index (χ3n) is 4.42. The average Bonchev–Trinajstić information content (AvgIpc) is 2.62. The van der Waals surface area contributed by atoms with Gasteiger partial charge in [-0.15, -0.1) is 24.0 Å². The van der Waals surface area contributed by atoms with Gasteiger partial charge in [0, 0.05) is 20.1 Å². The summed E-state index contributed by atoms with van der Waals surface area (Å²) in [5.41, 5.74) is 1.18. The molecule has 0 amide bonds. The summed E-state index contributed by atoms with van der Waals surface area (Å²) in [6.07, 6.45) is 1.61. The molecule has 0 bridgehead atoms. The predicted molar refractivity (Wildman–Crippen MR) is 114 cm³/mol. The van der Waals surface area contributed by atoms with Crippen LogP contribution in [-0.2, 0) is 9.53 Å². The minimum absolute atomic E-state index is 0. The Kier molecular flexibility index (Phi) is 9.75. The van der Waals surface area contributed by atoms with E-state index in [4.69, 9.17) is 9.47 Å². The number of halogens is 1. The Morgan fingerprint density at radius 3 is 2.65 bits per heavy atom. The Morgan fingerprint density at radius 2 is 2.08 bits per heavy atom. The molecule has 7 heteroatoms. The molecule has 1 aliphatic heterocycles. The summed E-state index contributed by atoms with van der Waals surface area (Å²) in [5, 5.41) is 3.37. The first-order valence-corrected chi connectivity index (χ1v) is 8.80. The molecule has 2 rings (SSSR count). The van der Waals surface area contributed by atoms with Crippen molar-refractivity contribution in [3.8, 4) is 5.75 Å². The molecule has 0 aromatic heterocycles. The van der Waals surface area contributed by atoms with Gasteiger partial charge in [-0.25, -0.2) is 0 Å². The highest BCUT2D eigenvalue weighted by Crippen LogP contribution is 2.18. The fourth-order valence-corrected chi connectivity index (χ4v) is 3.02. The molecule has 1 saturated heterocycles. The first-order valence-electron chi connectivity index (χ1n) is 8.80. The molecule has 146 valence electrons. The van der Waals surface area contributed by atoms with Gasteiger partial charge in [0.15, 0.2) is 5.96 Å². The maximum atomic E-state index is 11.6. The molecule has 0 saturated carbocycles. The lowest BCUT2D eigenvalue weighted by Crippen LogP contribution is -2.48. The van der Waals surface area contributed by atoms with E-state index in [0.29, 0.717) is 6.54 Å². The van der Waals surface area contributed by atoms with Gasteiger partial charge in [0.05, 0.1) is 19.6 Å². The molecular weight excluding hydrogens is 445 g/mol. The number of benzene rings is 1. The van der Waals surface area contributed by atoms with Crippen LogP contribution in [0.15, 0.2) is 29.3 Å². The predicted octanol–water partition coefficient (Wildman–Crippen LogP) is 2.84. The quantitative estimate of drug-likeness (QED) is 0.307. The van der Waals surface area contributed by atoms with Gasteiger partial charge in [0.25, 0.3) is 0 Å². The van der Waals surface area contributed by atoms with Crippen molar-refractivity contribution in [2.24, 2.45) is 10.9 Å². The number of likely N-dealkylation sites (tertiary alicyclic amines) is 1. The normalized spacial score (nSPS) is 16.5. The van der Waals surface area contributed by atoms with E-state index in [1.54, 1.807) is 7.05 Å². The molecule has 6 nitrogen and oxygen atoms in total. The van der Waals surface area contributed by atoms with Gasteiger partial charge in [0.1, 0.15) is 11.9 Å². The third-order valence-corrected chi connectivity index (χ3v) is 4.42. The number of rotatable bonds is 5. The summed E-state index contributed by atoms with van der Waals surface area (Å²) >= 11 is 0. The number of hydrogen-bond acceptors (Lipinski definition) is 4. The first-order chi connectivity index (χ1) is 12.0. The second kappa shape index (κ2) is 11.3. The monoisotopic (exact) mass is 475 g/mol. The number of nitrogens with one attached hydrogen (secondary N) is 1. The molecule has 1 unspecified atom stereocenters. The number of nitrogens with zero attached hydrogens (tertiary/aromatic N) is 2. The number of guanidine groups is 1. The summed E-state index contributed by atoms with van der Waals surface area (Å²) in [6, 6.07) is 8.05. The van der Waals surface area contributed by atoms with Crippen molar-refractivity contribution in [1.82, 2.24) is 10.2 Å². The van der Waals surface area contributed by atoms with E-state index in [2.05, 4.69) is 28.2 Å². The third kappa shape index (κ3) is 6.66. The van der Waals surface area contributed by atoms with E-state index < -0.39 is 0 Å². The number of methoxy groups -OCH3 is 1. The number of carbonyl (C=O) groups is 1. The number of hydrogen-bond donors (Lipinski definition) is 1. The zero-order valence-corrected chi connectivity index (χ0v) is 18.4. The van der Waals surface area contributed by atoms with Crippen LogP contribution in [0.1, 0.15) is 25.3 Å². The highest BCUT2D eigenvalue weighted by molar-refractivity contribution is 14.0. The molecule has 1 fully saturated rings. The van der Waals surface area contributed by atoms with Gasteiger partial charge in [-0.1, -0.05) is 12.1 Å². The molecule has 1 aromatic rings. The summed E-state index contributed by atoms with van der Waals surface area (Å²) < 4.78 is 10.8. The van der Waals surface area contributed by atoms with Gasteiger partial charge in [-0.3, -0.25) is 9.79 Å². The maximum Gasteiger partial charge on any atom is 0.308 e. The van der Waals surface area contributed by atoms with Crippen LogP contribution in [0.3, 0.4) is 0 Å². The smallest absolute Gasteiger partial charge is 0.308 e. The Hall–Kier alpha value is -1.51. The number of aryl methyl sites for hydroxylation is 1. The van der Waals surface area contributed by atoms with Crippen molar-refractivity contribution >= 4 is 35.9 Å². The average molecular weight is 475 g/mol. The van der Waals surface area contributed by atoms with Gasteiger partial charge in [-0.05, 0) is 44.4 Å². The standard InChI is InChI=1S/C19H29N3O3.HI/c1-14-6-5-7-17(12-14)25-15(2)13-21-19(20-3)22-10-8-16(9-11-22)18(23)24-4;/h5-7,12,15-16H,8-11,13H2,1-4H3,(H,20,21);1H. The number of piperidine rings is 1. The summed E-state index contributed by atoms with van der Waals surface area (Å²) in [6.45, 7) is 6.35. The first kappa shape index (κ1) is 22.5. The van der Waals surface area contributed by atoms with Gasteiger partial charge >= 0.3 is 5.97 Å². The summed E-state index contributed by atoms with van der Waals surface area (Å²) in [7, 11) is 3.23. The Morgan fingerprint density at radius 1 is 1.38 bits per heavy atom. The van der Waals surface area contributed by atoms with E-state index >= 15 is 0 Å². The second-order valence-electron chi connectivity index (χ2n) is 6.46. The van der Waals surface area contributed by atoms with E-state index in [1.807, 2.05) is 25.1 Å². The largest absolute Gasteiger partial charge is 0.489 e. The van der Waals surface area contributed by atoms with Crippen LogP contribution in [0.4, 0.5) is 0 Å². The van der Waals surface area contributed by atoms with Crippen LogP contribution < -0.4 is 10.1 Å². The van der Waals surface area contributed by atoms with E-state index in [1.165, 1.54) is 12.7 Å². The van der Waals surface area contributed by atoms with Crippen LogP contribution in [0, 0.1) is 12.8 Å². The van der Waals surface area contributed by atoms with Crippen molar-refractivity contribution < 1.29 is 14.3 Å². The molecule has 0 aliphatic carbocycles. The lowest BCUT2D eigenvalue weighted by atomic mass is 9.97. The highest BCUT2D eigenvalue weighted by Gasteiger charge is 2.27. The molecule has 0 spiro atoms. The topological polar surface area (TPSA) is 63.2 Å². The van der Waals surface area contributed by atoms with Crippen molar-refractivity contribution in [3.05, 3.63) is 29.8 Å². The molecule has 1 heterocycles. The molecule has 1 atom stereocenters. The second-order valence-corrected chi connectivity index (χ2v) is 6.46. The van der Waals surface area contributed by atoms with E-state index in [0.717, 1.165) is 37.6 Å². The number of esters is 1. The molecule has 1 aromatic carbocycles. The fourth-order valence-electron chi connectivity index (χ4n) is 3.02. The Balaban J connectivity index is 0.00000338. The van der Waals surface area contributed by atoms with Crippen molar-refractivity contribution in [3.63, 3.8) is 0 Å². The van der Waals surface area contributed by atoms with Crippen LogP contribution in [0.5, 0.6) is 5.75 Å². The van der Waals surface area contributed by atoms with Crippen LogP contribution in [0.25, 0.3) is 0 Å². The van der Waals surface area contributed by atoms with Crippen LogP contribution in [-0.4, -0.2) is 56.7 Å². The lowest BCUT2D eigenvalue weighted by Gasteiger charge is -2.33. The minimum atomic E-state index is -0.109.